The van der Waals surface area contributed by atoms with Gasteiger partial charge in [0.15, 0.2) is 0 Å². The second kappa shape index (κ2) is 7.85. The molecule has 1 heterocycles. The molecule has 142 valence electrons. The van der Waals surface area contributed by atoms with Crippen molar-refractivity contribution in [1.82, 2.24) is 10.2 Å². The Morgan fingerprint density at radius 3 is 2.52 bits per heavy atom. The molecule has 3 amide bonds. The van der Waals surface area contributed by atoms with Gasteiger partial charge >= 0.3 is 6.03 Å². The fourth-order valence-corrected chi connectivity index (χ4v) is 3.01. The highest BCUT2D eigenvalue weighted by Crippen LogP contribution is 2.28. The third-order valence-electron chi connectivity index (χ3n) is 4.55. The molecule has 0 bridgehead atoms. The van der Waals surface area contributed by atoms with Crippen LogP contribution in [0.2, 0.25) is 0 Å². The van der Waals surface area contributed by atoms with Crippen molar-refractivity contribution < 1.29 is 23.8 Å². The summed E-state index contributed by atoms with van der Waals surface area (Å²) in [4.78, 5) is 26.0. The van der Waals surface area contributed by atoms with Crippen molar-refractivity contribution in [3.05, 3.63) is 71.5 Å². The van der Waals surface area contributed by atoms with Crippen LogP contribution in [0, 0.1) is 5.82 Å². The monoisotopic (exact) mass is 372 g/mol. The highest BCUT2D eigenvalue weighted by molar-refractivity contribution is 6.07. The number of imide groups is 1. The first-order valence-corrected chi connectivity index (χ1v) is 8.60. The normalized spacial score (nSPS) is 20.6. The molecule has 0 aliphatic carbocycles. The molecule has 0 saturated carbocycles. The van der Waals surface area contributed by atoms with E-state index < -0.39 is 23.6 Å². The van der Waals surface area contributed by atoms with E-state index in [9.17, 15) is 19.1 Å². The number of amides is 3. The molecule has 2 aromatic rings. The minimum Gasteiger partial charge on any atom is -0.389 e. The first-order valence-electron chi connectivity index (χ1n) is 8.60. The Morgan fingerprint density at radius 1 is 1.15 bits per heavy atom. The van der Waals surface area contributed by atoms with Gasteiger partial charge in [-0.15, -0.1) is 0 Å². The summed E-state index contributed by atoms with van der Waals surface area (Å²) in [6.45, 7) is 1.28. The highest BCUT2D eigenvalue weighted by Gasteiger charge is 2.49. The van der Waals surface area contributed by atoms with Crippen LogP contribution in [0.25, 0.3) is 0 Å². The average Bonchev–Trinajstić information content (AvgIpc) is 2.88. The number of halogens is 1. The zero-order valence-corrected chi connectivity index (χ0v) is 14.9. The van der Waals surface area contributed by atoms with E-state index in [1.807, 2.05) is 6.07 Å². The Labute approximate surface area is 156 Å². The minimum absolute atomic E-state index is 0.00833. The number of hydrogen-bond acceptors (Lipinski definition) is 4. The molecule has 0 aromatic heterocycles. The van der Waals surface area contributed by atoms with Gasteiger partial charge in [-0.3, -0.25) is 9.69 Å². The van der Waals surface area contributed by atoms with E-state index in [1.165, 1.54) is 6.07 Å². The molecule has 0 radical (unpaired) electrons. The fourth-order valence-electron chi connectivity index (χ4n) is 3.01. The summed E-state index contributed by atoms with van der Waals surface area (Å²) in [5.41, 5.74) is -0.140. The van der Waals surface area contributed by atoms with Gasteiger partial charge in [0.25, 0.3) is 5.91 Å². The lowest BCUT2D eigenvalue weighted by atomic mass is 9.92. The van der Waals surface area contributed by atoms with Crippen LogP contribution in [0.5, 0.6) is 0 Å². The van der Waals surface area contributed by atoms with Crippen molar-refractivity contribution >= 4 is 11.9 Å². The number of aliphatic hydroxyl groups is 1. The number of ether oxygens (including phenoxy) is 1. The van der Waals surface area contributed by atoms with Crippen LogP contribution in [-0.2, 0) is 21.7 Å². The van der Waals surface area contributed by atoms with Crippen molar-refractivity contribution in [2.45, 2.75) is 25.2 Å². The summed E-state index contributed by atoms with van der Waals surface area (Å²) in [6, 6.07) is 14.5. The van der Waals surface area contributed by atoms with Gasteiger partial charge in [-0.1, -0.05) is 48.5 Å². The fraction of sp³-hybridized carbons (Fsp3) is 0.300. The van der Waals surface area contributed by atoms with E-state index in [0.29, 0.717) is 11.1 Å². The zero-order valence-electron chi connectivity index (χ0n) is 14.9. The predicted octanol–water partition coefficient (Wildman–Crippen LogP) is 2.17. The van der Waals surface area contributed by atoms with Crippen LogP contribution in [0.4, 0.5) is 9.18 Å². The van der Waals surface area contributed by atoms with Gasteiger partial charge in [-0.05, 0) is 18.6 Å². The van der Waals surface area contributed by atoms with Crippen molar-refractivity contribution in [1.29, 1.82) is 0 Å². The molecule has 1 aliphatic rings. The molecule has 0 unspecified atom stereocenters. The number of rotatable bonds is 7. The lowest BCUT2D eigenvalue weighted by Crippen LogP contribution is -2.42. The zero-order chi connectivity index (χ0) is 19.4. The van der Waals surface area contributed by atoms with E-state index in [1.54, 1.807) is 49.4 Å². The van der Waals surface area contributed by atoms with Crippen molar-refractivity contribution in [2.24, 2.45) is 0 Å². The number of benzene rings is 2. The van der Waals surface area contributed by atoms with Gasteiger partial charge in [0.1, 0.15) is 11.4 Å². The van der Waals surface area contributed by atoms with Crippen LogP contribution in [0.3, 0.4) is 0 Å². The van der Waals surface area contributed by atoms with Crippen LogP contribution in [-0.4, -0.2) is 41.2 Å². The maximum atomic E-state index is 13.5. The first-order chi connectivity index (χ1) is 12.9. The minimum atomic E-state index is -1.17. The molecule has 7 heteroatoms. The number of β-amino-alcohol motifs (C(OH)–C–C–N with tert-alkyl or cyclic N) is 1. The van der Waals surface area contributed by atoms with Gasteiger partial charge in [0, 0.05) is 5.56 Å². The number of nitrogens with zero attached hydrogens (tertiary/aromatic N) is 1. The molecule has 6 nitrogen and oxygen atoms in total. The van der Waals surface area contributed by atoms with E-state index in [2.05, 4.69) is 5.32 Å². The lowest BCUT2D eigenvalue weighted by Gasteiger charge is -2.23. The summed E-state index contributed by atoms with van der Waals surface area (Å²) in [5, 5.41) is 12.8. The number of carbonyl (C=O) groups excluding carboxylic acids is 2. The average molecular weight is 372 g/mol. The van der Waals surface area contributed by atoms with Crippen molar-refractivity contribution in [3.63, 3.8) is 0 Å². The van der Waals surface area contributed by atoms with Gasteiger partial charge in [-0.25, -0.2) is 9.18 Å². The standard InChI is InChI=1S/C20H21FN2O4/c1-20(15-8-3-2-4-9-15)18(25)23(19(26)22-20)11-16(24)13-27-12-14-7-5-6-10-17(14)21/h2-10,16,24H,11-13H2,1H3,(H,22,26)/t16-,20-/m0/s1. The third-order valence-corrected chi connectivity index (χ3v) is 4.55. The SMILES string of the molecule is C[C@@]1(c2ccccc2)NC(=O)N(C[C@H](O)COCc2ccccc2F)C1=O. The largest absolute Gasteiger partial charge is 0.389 e. The molecule has 2 aromatic carbocycles. The molecule has 1 fully saturated rings. The molecule has 27 heavy (non-hydrogen) atoms. The number of urea groups is 1. The molecule has 2 N–H and O–H groups in total. The molecule has 3 rings (SSSR count). The number of aliphatic hydroxyl groups excluding tert-OH is 1. The second-order valence-electron chi connectivity index (χ2n) is 6.60. The maximum absolute atomic E-state index is 13.5. The van der Waals surface area contributed by atoms with Crippen LogP contribution < -0.4 is 5.32 Å². The van der Waals surface area contributed by atoms with Gasteiger partial charge in [0.2, 0.25) is 0 Å². The quantitative estimate of drug-likeness (QED) is 0.730. The van der Waals surface area contributed by atoms with E-state index >= 15 is 0 Å². The highest BCUT2D eigenvalue weighted by atomic mass is 19.1. The molecule has 1 saturated heterocycles. The van der Waals surface area contributed by atoms with Crippen molar-refractivity contribution in [3.8, 4) is 0 Å². The van der Waals surface area contributed by atoms with Crippen molar-refractivity contribution in [2.75, 3.05) is 13.2 Å². The molecular weight excluding hydrogens is 351 g/mol. The summed E-state index contributed by atoms with van der Waals surface area (Å²) in [7, 11) is 0. The van der Waals surface area contributed by atoms with Gasteiger partial charge in [0.05, 0.1) is 25.9 Å². The molecular formula is C20H21FN2O4. The Kier molecular flexibility index (Phi) is 5.53. The lowest BCUT2D eigenvalue weighted by molar-refractivity contribution is -0.132. The first kappa shape index (κ1) is 19.0. The maximum Gasteiger partial charge on any atom is 0.325 e. The molecule has 2 atom stereocenters. The topological polar surface area (TPSA) is 78.9 Å². The smallest absolute Gasteiger partial charge is 0.325 e. The Morgan fingerprint density at radius 2 is 1.81 bits per heavy atom. The Balaban J connectivity index is 1.58. The van der Waals surface area contributed by atoms with Gasteiger partial charge < -0.3 is 15.2 Å². The summed E-state index contributed by atoms with van der Waals surface area (Å²) >= 11 is 0. The Bertz CT molecular complexity index is 830. The molecule has 0 spiro atoms. The van der Waals surface area contributed by atoms with E-state index in [0.717, 1.165) is 4.90 Å². The predicted molar refractivity (Wildman–Crippen MR) is 96.1 cm³/mol. The summed E-state index contributed by atoms with van der Waals surface area (Å²) in [6.07, 6.45) is -1.08. The molecule has 1 aliphatic heterocycles. The third kappa shape index (κ3) is 3.99. The second-order valence-corrected chi connectivity index (χ2v) is 6.60. The van der Waals surface area contributed by atoms with Gasteiger partial charge in [-0.2, -0.15) is 0 Å². The van der Waals surface area contributed by atoms with E-state index in [4.69, 9.17) is 4.74 Å². The van der Waals surface area contributed by atoms with E-state index in [-0.39, 0.29) is 25.6 Å². The van der Waals surface area contributed by atoms with Crippen LogP contribution >= 0.6 is 0 Å². The van der Waals surface area contributed by atoms with Crippen LogP contribution in [0.15, 0.2) is 54.6 Å². The number of nitrogens with one attached hydrogen (secondary N) is 1. The summed E-state index contributed by atoms with van der Waals surface area (Å²) in [5.74, 6) is -0.827. The Hall–Kier alpha value is -2.77. The summed E-state index contributed by atoms with van der Waals surface area (Å²) < 4.78 is 18.9. The number of carbonyl (C=O) groups is 2. The number of hydrogen-bond donors (Lipinski definition) is 2. The van der Waals surface area contributed by atoms with Crippen LogP contribution in [0.1, 0.15) is 18.1 Å².